The van der Waals surface area contributed by atoms with E-state index in [2.05, 4.69) is 82.0 Å². The highest BCUT2D eigenvalue weighted by Gasteiger charge is 2.19. The van der Waals surface area contributed by atoms with Gasteiger partial charge in [-0.2, -0.15) is 0 Å². The molecule has 0 saturated carbocycles. The molecule has 0 amide bonds. The summed E-state index contributed by atoms with van der Waals surface area (Å²) in [5.41, 5.74) is 4.70. The normalized spacial score (nSPS) is 17.2. The van der Waals surface area contributed by atoms with Crippen LogP contribution in [0.25, 0.3) is 10.9 Å². The summed E-state index contributed by atoms with van der Waals surface area (Å²) in [6.45, 7) is 9.88. The van der Waals surface area contributed by atoms with Gasteiger partial charge in [0, 0.05) is 30.7 Å². The number of likely N-dealkylation sites (tertiary alicyclic amines) is 1. The van der Waals surface area contributed by atoms with Crippen molar-refractivity contribution in [3.63, 3.8) is 0 Å². The zero-order chi connectivity index (χ0) is 25.5. The van der Waals surface area contributed by atoms with Gasteiger partial charge in [-0.05, 0) is 106 Å². The summed E-state index contributed by atoms with van der Waals surface area (Å²) in [7, 11) is 0. The number of hydrogen-bond donors (Lipinski definition) is 2. The molecule has 0 radical (unpaired) electrons. The Morgan fingerprint density at radius 2 is 1.81 bits per heavy atom. The third-order valence-electron chi connectivity index (χ3n) is 7.61. The zero-order valence-electron chi connectivity index (χ0n) is 21.9. The number of fused-ring (bicyclic) bond motifs is 1. The van der Waals surface area contributed by atoms with Crippen LogP contribution in [0.4, 0.5) is 11.5 Å². The van der Waals surface area contributed by atoms with Crippen molar-refractivity contribution in [2.24, 2.45) is 5.92 Å². The lowest BCUT2D eigenvalue weighted by atomic mass is 9.90. The molecule has 2 aromatic carbocycles. The number of morpholine rings is 1. The molecule has 5 rings (SSSR count). The van der Waals surface area contributed by atoms with E-state index in [1.54, 1.807) is 0 Å². The molecule has 0 spiro atoms. The summed E-state index contributed by atoms with van der Waals surface area (Å²) in [5.74, 6) is 1.85. The first-order valence-corrected chi connectivity index (χ1v) is 14.1. The van der Waals surface area contributed by atoms with Crippen molar-refractivity contribution in [1.29, 1.82) is 0 Å². The smallest absolute Gasteiger partial charge is 0.170 e. The van der Waals surface area contributed by atoms with E-state index in [9.17, 15) is 0 Å². The lowest BCUT2D eigenvalue weighted by molar-refractivity contribution is 0.122. The van der Waals surface area contributed by atoms with E-state index in [0.29, 0.717) is 5.11 Å². The van der Waals surface area contributed by atoms with Gasteiger partial charge < -0.3 is 25.2 Å². The molecule has 3 heterocycles. The van der Waals surface area contributed by atoms with Gasteiger partial charge in [-0.25, -0.2) is 4.98 Å². The zero-order valence-corrected chi connectivity index (χ0v) is 22.7. The van der Waals surface area contributed by atoms with E-state index in [1.165, 1.54) is 43.5 Å². The third kappa shape index (κ3) is 7.18. The van der Waals surface area contributed by atoms with Gasteiger partial charge in [0.1, 0.15) is 5.82 Å². The van der Waals surface area contributed by atoms with E-state index in [-0.39, 0.29) is 0 Å². The summed E-state index contributed by atoms with van der Waals surface area (Å²) in [6.07, 6.45) is 4.91. The Kier molecular flexibility index (Phi) is 8.87. The van der Waals surface area contributed by atoms with Crippen molar-refractivity contribution in [1.82, 2.24) is 15.2 Å². The van der Waals surface area contributed by atoms with Crippen molar-refractivity contribution in [2.45, 2.75) is 32.6 Å². The summed E-state index contributed by atoms with van der Waals surface area (Å²) in [4.78, 5) is 9.80. The fraction of sp³-hybridized carbons (Fsp3) is 0.467. The molecule has 2 N–H and O–H groups in total. The van der Waals surface area contributed by atoms with Gasteiger partial charge in [0.05, 0.1) is 18.7 Å². The molecule has 0 atom stereocenters. The number of benzene rings is 2. The van der Waals surface area contributed by atoms with Gasteiger partial charge in [-0.3, -0.25) is 0 Å². The topological polar surface area (TPSA) is 52.7 Å². The Hall–Kier alpha value is -2.74. The van der Waals surface area contributed by atoms with Gasteiger partial charge >= 0.3 is 0 Å². The number of piperidine rings is 1. The van der Waals surface area contributed by atoms with Crippen LogP contribution >= 0.6 is 12.2 Å². The molecule has 1 aromatic heterocycles. The van der Waals surface area contributed by atoms with Gasteiger partial charge in [-0.15, -0.1) is 0 Å². The van der Waals surface area contributed by atoms with Crippen molar-refractivity contribution < 1.29 is 4.74 Å². The minimum atomic E-state index is 0.677. The largest absolute Gasteiger partial charge is 0.378 e. The number of anilines is 2. The number of nitrogens with zero attached hydrogens (tertiary/aromatic N) is 3. The van der Waals surface area contributed by atoms with Crippen LogP contribution in [0.15, 0.2) is 54.6 Å². The average Bonchev–Trinajstić information content (AvgIpc) is 2.93. The van der Waals surface area contributed by atoms with Gasteiger partial charge in [-0.1, -0.05) is 30.3 Å². The van der Waals surface area contributed by atoms with Crippen molar-refractivity contribution in [3.8, 4) is 0 Å². The van der Waals surface area contributed by atoms with Crippen LogP contribution in [0.2, 0.25) is 0 Å². The maximum atomic E-state index is 5.58. The molecule has 3 aromatic rings. The maximum Gasteiger partial charge on any atom is 0.170 e. The van der Waals surface area contributed by atoms with E-state index >= 15 is 0 Å². The number of pyridine rings is 1. The predicted octanol–water partition coefficient (Wildman–Crippen LogP) is 5.01. The maximum absolute atomic E-state index is 5.58. The molecule has 2 aliphatic rings. The molecule has 2 fully saturated rings. The Labute approximate surface area is 226 Å². The van der Waals surface area contributed by atoms with Crippen LogP contribution in [0.5, 0.6) is 0 Å². The Morgan fingerprint density at radius 1 is 1.03 bits per heavy atom. The first-order chi connectivity index (χ1) is 18.1. The average molecular weight is 518 g/mol. The number of nitrogens with one attached hydrogen (secondary N) is 2. The number of ether oxygens (including phenoxy) is 1. The quantitative estimate of drug-likeness (QED) is 0.322. The number of thiocarbonyl (C=S) groups is 1. The Morgan fingerprint density at radius 3 is 2.59 bits per heavy atom. The lowest BCUT2D eigenvalue weighted by Gasteiger charge is -2.32. The van der Waals surface area contributed by atoms with Gasteiger partial charge in [0.15, 0.2) is 5.11 Å². The first-order valence-electron chi connectivity index (χ1n) is 13.7. The number of aryl methyl sites for hydroxylation is 1. The molecule has 196 valence electrons. The fourth-order valence-corrected chi connectivity index (χ4v) is 5.67. The Bertz CT molecular complexity index is 1170. The molecule has 0 aliphatic carbocycles. The number of aromatic nitrogens is 1. The standard InChI is InChI=1S/C30H39N5OS/c1-23-20-29(35-16-18-36-19-17-35)33-28-9-8-26(22-27(23)28)32-30(37)31-12-5-13-34-14-10-25(11-15-34)21-24-6-3-2-4-7-24/h2-4,6-9,20,22,25H,5,10-19,21H2,1H3,(H2,31,32,37). The molecular formula is C30H39N5OS. The summed E-state index contributed by atoms with van der Waals surface area (Å²) in [5, 5.41) is 8.58. The summed E-state index contributed by atoms with van der Waals surface area (Å²) < 4.78 is 5.48. The predicted molar refractivity (Wildman–Crippen MR) is 158 cm³/mol. The second-order valence-electron chi connectivity index (χ2n) is 10.3. The molecule has 2 aliphatic heterocycles. The third-order valence-corrected chi connectivity index (χ3v) is 7.85. The molecule has 0 unspecified atom stereocenters. The van der Waals surface area contributed by atoms with Crippen LogP contribution in [0, 0.1) is 12.8 Å². The number of rotatable bonds is 8. The van der Waals surface area contributed by atoms with E-state index < -0.39 is 0 Å². The van der Waals surface area contributed by atoms with Gasteiger partial charge in [0.2, 0.25) is 0 Å². The highest BCUT2D eigenvalue weighted by Crippen LogP contribution is 2.26. The minimum absolute atomic E-state index is 0.677. The van der Waals surface area contributed by atoms with Crippen LogP contribution in [-0.2, 0) is 11.2 Å². The lowest BCUT2D eigenvalue weighted by Crippen LogP contribution is -2.37. The molecule has 7 heteroatoms. The fourth-order valence-electron chi connectivity index (χ4n) is 5.45. The summed E-state index contributed by atoms with van der Waals surface area (Å²) >= 11 is 5.58. The molecule has 0 bridgehead atoms. The SMILES string of the molecule is Cc1cc(N2CCOCC2)nc2ccc(NC(=S)NCCCN3CCC(Cc4ccccc4)CC3)cc12. The molecule has 37 heavy (non-hydrogen) atoms. The van der Waals surface area contributed by atoms with Crippen molar-refractivity contribution in [3.05, 3.63) is 65.7 Å². The Balaban J connectivity index is 1.04. The molecule has 2 saturated heterocycles. The van der Waals surface area contributed by atoms with E-state index in [1.807, 2.05) is 0 Å². The summed E-state index contributed by atoms with van der Waals surface area (Å²) in [6, 6.07) is 19.4. The first kappa shape index (κ1) is 25.9. The van der Waals surface area contributed by atoms with Crippen LogP contribution in [-0.4, -0.2) is 67.5 Å². The van der Waals surface area contributed by atoms with Crippen molar-refractivity contribution in [2.75, 3.05) is 62.7 Å². The van der Waals surface area contributed by atoms with E-state index in [0.717, 1.165) is 74.1 Å². The van der Waals surface area contributed by atoms with Crippen LogP contribution in [0.1, 0.15) is 30.4 Å². The minimum Gasteiger partial charge on any atom is -0.378 e. The van der Waals surface area contributed by atoms with Crippen molar-refractivity contribution >= 4 is 39.7 Å². The second kappa shape index (κ2) is 12.7. The molecule has 6 nitrogen and oxygen atoms in total. The monoisotopic (exact) mass is 517 g/mol. The van der Waals surface area contributed by atoms with Gasteiger partial charge in [0.25, 0.3) is 0 Å². The van der Waals surface area contributed by atoms with E-state index in [4.69, 9.17) is 21.9 Å². The molecular weight excluding hydrogens is 478 g/mol. The second-order valence-corrected chi connectivity index (χ2v) is 10.7. The highest BCUT2D eigenvalue weighted by atomic mass is 32.1. The van der Waals surface area contributed by atoms with Crippen LogP contribution in [0.3, 0.4) is 0 Å². The highest BCUT2D eigenvalue weighted by molar-refractivity contribution is 7.80. The van der Waals surface area contributed by atoms with Crippen LogP contribution < -0.4 is 15.5 Å². The number of hydrogen-bond acceptors (Lipinski definition) is 5.